The van der Waals surface area contributed by atoms with Crippen molar-refractivity contribution in [1.82, 2.24) is 14.7 Å². The van der Waals surface area contributed by atoms with Crippen molar-refractivity contribution in [1.29, 1.82) is 0 Å². The van der Waals surface area contributed by atoms with Gasteiger partial charge in [0.05, 0.1) is 11.4 Å². The quantitative estimate of drug-likeness (QED) is 0.824. The molecule has 3 rings (SSSR count). The van der Waals surface area contributed by atoms with Gasteiger partial charge in [-0.2, -0.15) is 0 Å². The average Bonchev–Trinajstić information content (AvgIpc) is 2.74. The van der Waals surface area contributed by atoms with Gasteiger partial charge in [-0.25, -0.2) is 4.98 Å². The number of piperidine rings is 1. The largest absolute Gasteiger partial charge is 0.396 e. The van der Waals surface area contributed by atoms with Gasteiger partial charge in [0, 0.05) is 24.9 Å². The molecule has 0 unspecified atom stereocenters. The SMILES string of the molecule is Nc1cccn2cc(C[C@@H]3CCCCN3)nc12. The van der Waals surface area contributed by atoms with Gasteiger partial charge in [0.1, 0.15) is 0 Å². The predicted molar refractivity (Wildman–Crippen MR) is 69.0 cm³/mol. The zero-order valence-electron chi connectivity index (χ0n) is 9.89. The van der Waals surface area contributed by atoms with E-state index in [9.17, 15) is 0 Å². The molecule has 0 aliphatic carbocycles. The van der Waals surface area contributed by atoms with Gasteiger partial charge < -0.3 is 15.5 Å². The number of fused-ring (bicyclic) bond motifs is 1. The zero-order valence-corrected chi connectivity index (χ0v) is 9.89. The summed E-state index contributed by atoms with van der Waals surface area (Å²) >= 11 is 0. The van der Waals surface area contributed by atoms with Gasteiger partial charge in [0.15, 0.2) is 5.65 Å². The molecule has 4 heteroatoms. The van der Waals surface area contributed by atoms with E-state index in [-0.39, 0.29) is 0 Å². The minimum absolute atomic E-state index is 0.579. The smallest absolute Gasteiger partial charge is 0.160 e. The highest BCUT2D eigenvalue weighted by Gasteiger charge is 2.14. The maximum Gasteiger partial charge on any atom is 0.160 e. The fraction of sp³-hybridized carbons (Fsp3) is 0.462. The van der Waals surface area contributed by atoms with Crippen LogP contribution in [0, 0.1) is 0 Å². The molecule has 90 valence electrons. The molecule has 4 nitrogen and oxygen atoms in total. The first-order valence-electron chi connectivity index (χ1n) is 6.28. The van der Waals surface area contributed by atoms with Crippen LogP contribution in [0.15, 0.2) is 24.5 Å². The van der Waals surface area contributed by atoms with Crippen molar-refractivity contribution in [3.63, 3.8) is 0 Å². The Hall–Kier alpha value is -1.55. The summed E-state index contributed by atoms with van der Waals surface area (Å²) < 4.78 is 2.01. The second kappa shape index (κ2) is 4.37. The first-order chi connectivity index (χ1) is 8.33. The number of nitrogens with zero attached hydrogens (tertiary/aromatic N) is 2. The lowest BCUT2D eigenvalue weighted by Crippen LogP contribution is -2.35. The highest BCUT2D eigenvalue weighted by Crippen LogP contribution is 2.16. The summed E-state index contributed by atoms with van der Waals surface area (Å²) in [4.78, 5) is 4.60. The molecule has 0 spiro atoms. The molecular weight excluding hydrogens is 212 g/mol. The number of nitrogens with one attached hydrogen (secondary N) is 1. The normalized spacial score (nSPS) is 20.8. The van der Waals surface area contributed by atoms with Crippen LogP contribution in [0.4, 0.5) is 5.69 Å². The van der Waals surface area contributed by atoms with Crippen molar-refractivity contribution in [3.05, 3.63) is 30.2 Å². The molecule has 0 bridgehead atoms. The van der Waals surface area contributed by atoms with E-state index in [1.165, 1.54) is 19.3 Å². The van der Waals surface area contributed by atoms with E-state index in [0.29, 0.717) is 6.04 Å². The number of hydrogen-bond acceptors (Lipinski definition) is 3. The van der Waals surface area contributed by atoms with E-state index < -0.39 is 0 Å². The number of nitrogen functional groups attached to an aromatic ring is 1. The molecule has 0 aromatic carbocycles. The van der Waals surface area contributed by atoms with Crippen LogP contribution in [0.5, 0.6) is 0 Å². The number of imidazole rings is 1. The van der Waals surface area contributed by atoms with Gasteiger partial charge in [-0.1, -0.05) is 6.42 Å². The highest BCUT2D eigenvalue weighted by atomic mass is 15.0. The Morgan fingerprint density at radius 1 is 1.47 bits per heavy atom. The third kappa shape index (κ3) is 2.13. The Kier molecular flexibility index (Phi) is 2.73. The highest BCUT2D eigenvalue weighted by molar-refractivity contribution is 5.64. The molecule has 0 amide bonds. The predicted octanol–water partition coefficient (Wildman–Crippen LogP) is 1.60. The van der Waals surface area contributed by atoms with Crippen LogP contribution in [0.3, 0.4) is 0 Å². The number of anilines is 1. The molecule has 1 atom stereocenters. The molecule has 17 heavy (non-hydrogen) atoms. The molecule has 1 fully saturated rings. The van der Waals surface area contributed by atoms with Gasteiger partial charge in [-0.15, -0.1) is 0 Å². The standard InChI is InChI=1S/C13H18N4/c14-12-5-3-7-17-9-11(16-13(12)17)8-10-4-1-2-6-15-10/h3,5,7,9-10,15H,1-2,4,6,8,14H2/t10-/m0/s1. The Labute approximate surface area is 101 Å². The fourth-order valence-electron chi connectivity index (χ4n) is 2.53. The summed E-state index contributed by atoms with van der Waals surface area (Å²) in [7, 11) is 0. The molecule has 0 saturated carbocycles. The number of pyridine rings is 1. The molecule has 1 saturated heterocycles. The lowest BCUT2D eigenvalue weighted by molar-refractivity contribution is 0.397. The Balaban J connectivity index is 1.83. The third-order valence-corrected chi connectivity index (χ3v) is 3.43. The van der Waals surface area contributed by atoms with Crippen molar-refractivity contribution in [2.75, 3.05) is 12.3 Å². The minimum Gasteiger partial charge on any atom is -0.396 e. The van der Waals surface area contributed by atoms with Crippen LogP contribution in [-0.2, 0) is 6.42 Å². The summed E-state index contributed by atoms with van der Waals surface area (Å²) in [6, 6.07) is 4.42. The molecule has 1 aliphatic rings. The summed E-state index contributed by atoms with van der Waals surface area (Å²) in [5.74, 6) is 0. The topological polar surface area (TPSA) is 55.4 Å². The molecular formula is C13H18N4. The summed E-state index contributed by atoms with van der Waals surface area (Å²) in [6.07, 6.45) is 8.96. The van der Waals surface area contributed by atoms with E-state index in [1.807, 2.05) is 22.7 Å². The summed E-state index contributed by atoms with van der Waals surface area (Å²) in [6.45, 7) is 1.14. The summed E-state index contributed by atoms with van der Waals surface area (Å²) in [5, 5.41) is 3.55. The van der Waals surface area contributed by atoms with Crippen molar-refractivity contribution in [2.24, 2.45) is 0 Å². The van der Waals surface area contributed by atoms with E-state index in [0.717, 1.165) is 30.0 Å². The van der Waals surface area contributed by atoms with Crippen LogP contribution in [0.25, 0.3) is 5.65 Å². The zero-order chi connectivity index (χ0) is 11.7. The van der Waals surface area contributed by atoms with Crippen LogP contribution < -0.4 is 11.1 Å². The molecule has 3 heterocycles. The van der Waals surface area contributed by atoms with E-state index in [1.54, 1.807) is 0 Å². The van der Waals surface area contributed by atoms with E-state index >= 15 is 0 Å². The molecule has 3 N–H and O–H groups in total. The van der Waals surface area contributed by atoms with Crippen molar-refractivity contribution in [3.8, 4) is 0 Å². The second-order valence-corrected chi connectivity index (χ2v) is 4.78. The Morgan fingerprint density at radius 3 is 3.18 bits per heavy atom. The van der Waals surface area contributed by atoms with Gasteiger partial charge in [0.2, 0.25) is 0 Å². The third-order valence-electron chi connectivity index (χ3n) is 3.43. The average molecular weight is 230 g/mol. The number of hydrogen-bond donors (Lipinski definition) is 2. The first-order valence-corrected chi connectivity index (χ1v) is 6.28. The van der Waals surface area contributed by atoms with Crippen LogP contribution >= 0.6 is 0 Å². The lowest BCUT2D eigenvalue weighted by atomic mass is 10.0. The van der Waals surface area contributed by atoms with Crippen molar-refractivity contribution < 1.29 is 0 Å². The van der Waals surface area contributed by atoms with Gasteiger partial charge in [0.25, 0.3) is 0 Å². The van der Waals surface area contributed by atoms with Gasteiger partial charge in [-0.3, -0.25) is 0 Å². The Bertz CT molecular complexity index is 511. The molecule has 0 radical (unpaired) electrons. The number of aromatic nitrogens is 2. The van der Waals surface area contributed by atoms with Gasteiger partial charge in [-0.05, 0) is 31.5 Å². The van der Waals surface area contributed by atoms with Crippen LogP contribution in [0.2, 0.25) is 0 Å². The summed E-state index contributed by atoms with van der Waals surface area (Å²) in [5.41, 5.74) is 8.65. The maximum atomic E-state index is 5.90. The lowest BCUT2D eigenvalue weighted by Gasteiger charge is -2.22. The van der Waals surface area contributed by atoms with E-state index in [2.05, 4.69) is 16.5 Å². The molecule has 2 aromatic rings. The second-order valence-electron chi connectivity index (χ2n) is 4.78. The van der Waals surface area contributed by atoms with Crippen LogP contribution in [-0.4, -0.2) is 22.0 Å². The number of nitrogens with two attached hydrogens (primary N) is 1. The molecule has 1 aliphatic heterocycles. The Morgan fingerprint density at radius 2 is 2.41 bits per heavy atom. The maximum absolute atomic E-state index is 5.90. The number of rotatable bonds is 2. The monoisotopic (exact) mass is 230 g/mol. The van der Waals surface area contributed by atoms with Gasteiger partial charge >= 0.3 is 0 Å². The minimum atomic E-state index is 0.579. The fourth-order valence-corrected chi connectivity index (χ4v) is 2.53. The van der Waals surface area contributed by atoms with Crippen LogP contribution in [0.1, 0.15) is 25.0 Å². The first kappa shape index (κ1) is 10.6. The van der Waals surface area contributed by atoms with E-state index in [4.69, 9.17) is 5.73 Å². The van der Waals surface area contributed by atoms with Crippen molar-refractivity contribution in [2.45, 2.75) is 31.7 Å². The van der Waals surface area contributed by atoms with Crippen molar-refractivity contribution >= 4 is 11.3 Å². The molecule has 2 aromatic heterocycles.